The number of unbranched alkanes of at least 4 members (excludes halogenated alkanes) is 26. The molecule has 310 valence electrons. The van der Waals surface area contributed by atoms with Crippen molar-refractivity contribution in [1.82, 2.24) is 0 Å². The second-order valence-corrected chi connectivity index (χ2v) is 15.3. The number of esters is 3. The number of hydrogen-bond acceptors (Lipinski definition) is 6. The largest absolute Gasteiger partial charge is 0.462 e. The van der Waals surface area contributed by atoms with Gasteiger partial charge in [0.25, 0.3) is 0 Å². The van der Waals surface area contributed by atoms with Crippen molar-refractivity contribution in [3.8, 4) is 0 Å². The van der Waals surface area contributed by atoms with Gasteiger partial charge in [-0.3, -0.25) is 14.4 Å². The first-order chi connectivity index (χ1) is 26.0. The van der Waals surface area contributed by atoms with Gasteiger partial charge in [-0.1, -0.05) is 193 Å². The van der Waals surface area contributed by atoms with Gasteiger partial charge < -0.3 is 14.2 Å². The van der Waals surface area contributed by atoms with E-state index in [0.29, 0.717) is 19.3 Å². The smallest absolute Gasteiger partial charge is 0.306 e. The topological polar surface area (TPSA) is 78.9 Å². The monoisotopic (exact) mass is 747 g/mol. The highest BCUT2D eigenvalue weighted by Gasteiger charge is 2.19. The number of rotatable bonds is 41. The van der Waals surface area contributed by atoms with E-state index in [1.807, 2.05) is 0 Å². The number of ether oxygens (including phenoxy) is 3. The molecule has 0 N–H and O–H groups in total. The van der Waals surface area contributed by atoms with Crippen molar-refractivity contribution in [2.24, 2.45) is 0 Å². The molecule has 53 heavy (non-hydrogen) atoms. The lowest BCUT2D eigenvalue weighted by atomic mass is 10.1. The average molecular weight is 747 g/mol. The van der Waals surface area contributed by atoms with Crippen molar-refractivity contribution in [2.45, 2.75) is 245 Å². The highest BCUT2D eigenvalue weighted by Crippen LogP contribution is 2.14. The second kappa shape index (κ2) is 42.6. The van der Waals surface area contributed by atoms with Gasteiger partial charge in [0.2, 0.25) is 0 Å². The number of allylic oxidation sites excluding steroid dienone is 4. The van der Waals surface area contributed by atoms with Gasteiger partial charge in [-0.15, -0.1) is 0 Å². The van der Waals surface area contributed by atoms with Gasteiger partial charge in [0.1, 0.15) is 13.2 Å². The second-order valence-electron chi connectivity index (χ2n) is 15.3. The summed E-state index contributed by atoms with van der Waals surface area (Å²) in [5.41, 5.74) is 0. The molecule has 0 saturated carbocycles. The van der Waals surface area contributed by atoms with E-state index in [1.54, 1.807) is 0 Å². The van der Waals surface area contributed by atoms with E-state index < -0.39 is 6.10 Å². The maximum atomic E-state index is 12.6. The fraction of sp³-hybridized carbons (Fsp3) is 0.851. The van der Waals surface area contributed by atoms with Crippen LogP contribution in [0.1, 0.15) is 239 Å². The van der Waals surface area contributed by atoms with Crippen LogP contribution in [0.15, 0.2) is 24.3 Å². The molecule has 0 aromatic rings. The van der Waals surface area contributed by atoms with Crippen LogP contribution in [0.25, 0.3) is 0 Å². The third-order valence-corrected chi connectivity index (χ3v) is 9.96. The molecule has 0 aliphatic carbocycles. The Bertz CT molecular complexity index is 865. The Kier molecular flexibility index (Phi) is 40.9. The maximum absolute atomic E-state index is 12.6. The van der Waals surface area contributed by atoms with Crippen molar-refractivity contribution in [1.29, 1.82) is 0 Å². The molecule has 0 rings (SSSR count). The predicted molar refractivity (Wildman–Crippen MR) is 224 cm³/mol. The van der Waals surface area contributed by atoms with Gasteiger partial charge in [0.15, 0.2) is 6.10 Å². The summed E-state index contributed by atoms with van der Waals surface area (Å²) >= 11 is 0. The molecule has 0 amide bonds. The maximum Gasteiger partial charge on any atom is 0.306 e. The fourth-order valence-corrected chi connectivity index (χ4v) is 6.47. The molecule has 1 unspecified atom stereocenters. The molecule has 6 heteroatoms. The van der Waals surface area contributed by atoms with Crippen LogP contribution in [0.4, 0.5) is 0 Å². The molecule has 0 spiro atoms. The lowest BCUT2D eigenvalue weighted by Crippen LogP contribution is -2.30. The minimum Gasteiger partial charge on any atom is -0.462 e. The Hall–Kier alpha value is -2.11. The molecule has 1 atom stereocenters. The molecule has 0 radical (unpaired) electrons. The van der Waals surface area contributed by atoms with E-state index in [0.717, 1.165) is 64.2 Å². The molecule has 0 aliphatic rings. The van der Waals surface area contributed by atoms with E-state index in [9.17, 15) is 14.4 Å². The van der Waals surface area contributed by atoms with Crippen molar-refractivity contribution in [2.75, 3.05) is 13.2 Å². The summed E-state index contributed by atoms with van der Waals surface area (Å²) in [6.07, 6.45) is 46.0. The molecule has 0 bridgehead atoms. The van der Waals surface area contributed by atoms with Gasteiger partial charge in [0, 0.05) is 19.3 Å². The summed E-state index contributed by atoms with van der Waals surface area (Å²) in [5, 5.41) is 0. The Balaban J connectivity index is 4.19. The summed E-state index contributed by atoms with van der Waals surface area (Å²) < 4.78 is 16.6. The molecule has 0 heterocycles. The van der Waals surface area contributed by atoms with Gasteiger partial charge in [-0.05, 0) is 51.4 Å². The van der Waals surface area contributed by atoms with E-state index >= 15 is 0 Å². The van der Waals surface area contributed by atoms with Crippen LogP contribution in [0.2, 0.25) is 0 Å². The van der Waals surface area contributed by atoms with Crippen LogP contribution >= 0.6 is 0 Å². The Morgan fingerprint density at radius 2 is 0.679 bits per heavy atom. The lowest BCUT2D eigenvalue weighted by molar-refractivity contribution is -0.167. The number of carbonyl (C=O) groups is 3. The molecular weight excluding hydrogens is 661 g/mol. The van der Waals surface area contributed by atoms with E-state index in [4.69, 9.17) is 14.2 Å². The Labute approximate surface area is 328 Å². The molecule has 6 nitrogen and oxygen atoms in total. The molecular formula is C47H86O6. The predicted octanol–water partition coefficient (Wildman–Crippen LogP) is 14.4. The van der Waals surface area contributed by atoms with Crippen molar-refractivity contribution in [3.63, 3.8) is 0 Å². The van der Waals surface area contributed by atoms with Crippen LogP contribution in [-0.2, 0) is 28.6 Å². The van der Waals surface area contributed by atoms with Crippen LogP contribution < -0.4 is 0 Å². The lowest BCUT2D eigenvalue weighted by Gasteiger charge is -2.18. The third-order valence-electron chi connectivity index (χ3n) is 9.96. The van der Waals surface area contributed by atoms with Crippen LogP contribution in [0, 0.1) is 0 Å². The summed E-state index contributed by atoms with van der Waals surface area (Å²) in [4.78, 5) is 37.5. The van der Waals surface area contributed by atoms with Crippen LogP contribution in [-0.4, -0.2) is 37.2 Å². The zero-order valence-electron chi connectivity index (χ0n) is 35.3. The number of carbonyl (C=O) groups excluding carboxylic acids is 3. The van der Waals surface area contributed by atoms with E-state index in [2.05, 4.69) is 45.1 Å². The molecule has 0 saturated heterocycles. The zero-order valence-corrected chi connectivity index (χ0v) is 35.3. The van der Waals surface area contributed by atoms with E-state index in [1.165, 1.54) is 135 Å². The number of hydrogen-bond donors (Lipinski definition) is 0. The minimum absolute atomic E-state index is 0.0698. The Morgan fingerprint density at radius 3 is 1.08 bits per heavy atom. The first kappa shape index (κ1) is 50.9. The normalized spacial score (nSPS) is 12.1. The molecule has 0 aromatic heterocycles. The minimum atomic E-state index is -0.763. The quantitative estimate of drug-likeness (QED) is 0.0268. The van der Waals surface area contributed by atoms with Gasteiger partial charge in [-0.25, -0.2) is 0 Å². The summed E-state index contributed by atoms with van der Waals surface area (Å²) in [7, 11) is 0. The SMILES string of the molecule is CCCCC/C=C\C/C=C\CCCCCCCCCCCC(=O)OCC(COC(=O)CCCCCCCCC)OC(=O)CCCCCCCCCCC. The highest BCUT2D eigenvalue weighted by atomic mass is 16.6. The van der Waals surface area contributed by atoms with Crippen molar-refractivity contribution in [3.05, 3.63) is 24.3 Å². The van der Waals surface area contributed by atoms with Gasteiger partial charge in [0.05, 0.1) is 0 Å². The molecule has 0 aromatic carbocycles. The molecule has 0 fully saturated rings. The van der Waals surface area contributed by atoms with Gasteiger partial charge >= 0.3 is 17.9 Å². The fourth-order valence-electron chi connectivity index (χ4n) is 6.47. The summed E-state index contributed by atoms with van der Waals surface area (Å²) in [5.74, 6) is -0.879. The first-order valence-electron chi connectivity index (χ1n) is 22.8. The highest BCUT2D eigenvalue weighted by molar-refractivity contribution is 5.71. The third kappa shape index (κ3) is 40.9. The molecule has 0 aliphatic heterocycles. The summed E-state index contributed by atoms with van der Waals surface area (Å²) in [6.45, 7) is 6.55. The standard InChI is InChI=1S/C47H86O6/c1-4-7-10-13-16-18-19-20-21-22-23-24-25-26-27-29-31-34-37-40-46(49)52-43-44(42-51-45(48)39-36-33-30-15-12-9-6-3)53-47(50)41-38-35-32-28-17-14-11-8-5-2/h16,18,20-21,44H,4-15,17,19,22-43H2,1-3H3/b18-16-,21-20-. The van der Waals surface area contributed by atoms with Crippen LogP contribution in [0.5, 0.6) is 0 Å². The Morgan fingerprint density at radius 1 is 0.377 bits per heavy atom. The van der Waals surface area contributed by atoms with Gasteiger partial charge in [-0.2, -0.15) is 0 Å². The summed E-state index contributed by atoms with van der Waals surface area (Å²) in [6, 6.07) is 0. The first-order valence-corrected chi connectivity index (χ1v) is 22.8. The zero-order chi connectivity index (χ0) is 38.7. The van der Waals surface area contributed by atoms with Crippen LogP contribution in [0.3, 0.4) is 0 Å². The van der Waals surface area contributed by atoms with Crippen molar-refractivity contribution < 1.29 is 28.6 Å². The van der Waals surface area contributed by atoms with E-state index in [-0.39, 0.29) is 31.1 Å². The average Bonchev–Trinajstić information content (AvgIpc) is 3.15. The van der Waals surface area contributed by atoms with Crippen molar-refractivity contribution >= 4 is 17.9 Å².